The van der Waals surface area contributed by atoms with Crippen molar-refractivity contribution in [3.05, 3.63) is 58.1 Å². The third-order valence-corrected chi connectivity index (χ3v) is 3.87. The fourth-order valence-electron chi connectivity index (χ4n) is 2.52. The van der Waals surface area contributed by atoms with Crippen LogP contribution < -0.4 is 0 Å². The van der Waals surface area contributed by atoms with Crippen molar-refractivity contribution in [1.82, 2.24) is 0 Å². The van der Waals surface area contributed by atoms with Gasteiger partial charge in [0.05, 0.1) is 0 Å². The van der Waals surface area contributed by atoms with Crippen LogP contribution in [0.15, 0.2) is 47.0 Å². The van der Waals surface area contributed by atoms with Crippen LogP contribution in [0.5, 0.6) is 0 Å². The van der Waals surface area contributed by atoms with Gasteiger partial charge in [0.25, 0.3) is 0 Å². The van der Waals surface area contributed by atoms with Crippen LogP contribution >= 0.6 is 15.9 Å². The molecule has 1 aromatic carbocycles. The van der Waals surface area contributed by atoms with Gasteiger partial charge in [0.2, 0.25) is 0 Å². The molecule has 0 aromatic heterocycles. The van der Waals surface area contributed by atoms with Crippen LogP contribution in [0.2, 0.25) is 0 Å². The Hall–Kier alpha value is -1.15. The quantitative estimate of drug-likeness (QED) is 0.708. The summed E-state index contributed by atoms with van der Waals surface area (Å²) in [6.45, 7) is 0. The lowest BCUT2D eigenvalue weighted by Gasteiger charge is -2.30. The van der Waals surface area contributed by atoms with Crippen molar-refractivity contribution in [3.8, 4) is 0 Å². The zero-order valence-corrected chi connectivity index (χ0v) is 10.3. The van der Waals surface area contributed by atoms with E-state index in [0.29, 0.717) is 5.92 Å². The van der Waals surface area contributed by atoms with Crippen molar-refractivity contribution in [2.24, 2.45) is 11.8 Å². The standard InChI is InChI=1S/C14H11BrO/c15-11-6-5-10-7-9-3-1-2-4-12(9)14(16)13(10)8-11/h1-6,8,10,13H,7H2. The minimum atomic E-state index is 0.0225. The number of hydrogen-bond acceptors (Lipinski definition) is 1. The molecule has 0 spiro atoms. The molecule has 0 aliphatic heterocycles. The van der Waals surface area contributed by atoms with Crippen LogP contribution in [0.1, 0.15) is 15.9 Å². The molecule has 16 heavy (non-hydrogen) atoms. The Bertz CT molecular complexity index is 513. The highest BCUT2D eigenvalue weighted by atomic mass is 79.9. The van der Waals surface area contributed by atoms with E-state index in [-0.39, 0.29) is 11.7 Å². The molecule has 0 bridgehead atoms. The number of hydrogen-bond donors (Lipinski definition) is 0. The maximum Gasteiger partial charge on any atom is 0.170 e. The molecule has 0 N–H and O–H groups in total. The topological polar surface area (TPSA) is 17.1 Å². The van der Waals surface area contributed by atoms with Gasteiger partial charge in [-0.25, -0.2) is 0 Å². The number of carbonyl (C=O) groups excluding carboxylic acids is 1. The van der Waals surface area contributed by atoms with E-state index in [1.54, 1.807) is 0 Å². The second kappa shape index (κ2) is 3.70. The molecule has 1 nitrogen and oxygen atoms in total. The van der Waals surface area contributed by atoms with Gasteiger partial charge >= 0.3 is 0 Å². The Labute approximate surface area is 103 Å². The highest BCUT2D eigenvalue weighted by Gasteiger charge is 2.33. The maximum atomic E-state index is 12.3. The SMILES string of the molecule is O=C1c2ccccc2CC2C=CC(Br)=CC12. The van der Waals surface area contributed by atoms with Gasteiger partial charge in [-0.1, -0.05) is 58.4 Å². The van der Waals surface area contributed by atoms with E-state index in [4.69, 9.17) is 0 Å². The molecule has 80 valence electrons. The van der Waals surface area contributed by atoms with Gasteiger partial charge in [0.15, 0.2) is 5.78 Å². The summed E-state index contributed by atoms with van der Waals surface area (Å²) in [5.74, 6) is 0.617. The van der Waals surface area contributed by atoms with E-state index >= 15 is 0 Å². The zero-order chi connectivity index (χ0) is 11.1. The van der Waals surface area contributed by atoms with Crippen molar-refractivity contribution in [2.45, 2.75) is 6.42 Å². The van der Waals surface area contributed by atoms with Gasteiger partial charge in [-0.05, 0) is 17.9 Å². The number of halogens is 1. The molecule has 0 radical (unpaired) electrons. The summed E-state index contributed by atoms with van der Waals surface area (Å²) in [5, 5.41) is 0. The average Bonchev–Trinajstić information content (AvgIpc) is 2.31. The van der Waals surface area contributed by atoms with Crippen molar-refractivity contribution in [3.63, 3.8) is 0 Å². The molecular weight excluding hydrogens is 264 g/mol. The summed E-state index contributed by atoms with van der Waals surface area (Å²) in [6.07, 6.45) is 7.19. The largest absolute Gasteiger partial charge is 0.293 e. The zero-order valence-electron chi connectivity index (χ0n) is 8.69. The van der Waals surface area contributed by atoms with E-state index in [9.17, 15) is 4.79 Å². The van der Waals surface area contributed by atoms with Crippen molar-refractivity contribution < 1.29 is 4.79 Å². The molecule has 0 saturated carbocycles. The summed E-state index contributed by atoms with van der Waals surface area (Å²) in [6, 6.07) is 7.94. The highest BCUT2D eigenvalue weighted by Crippen LogP contribution is 2.36. The first kappa shape index (κ1) is 10.0. The van der Waals surface area contributed by atoms with Crippen LogP contribution in [-0.2, 0) is 6.42 Å². The Kier molecular flexibility index (Phi) is 2.32. The number of allylic oxidation sites excluding steroid dienone is 4. The van der Waals surface area contributed by atoms with Crippen LogP contribution in [0.25, 0.3) is 0 Å². The summed E-state index contributed by atoms with van der Waals surface area (Å²) in [5.41, 5.74) is 2.08. The Morgan fingerprint density at radius 3 is 2.94 bits per heavy atom. The number of ketones is 1. The minimum absolute atomic E-state index is 0.0225. The van der Waals surface area contributed by atoms with Crippen LogP contribution in [-0.4, -0.2) is 5.78 Å². The lowest BCUT2D eigenvalue weighted by Crippen LogP contribution is -2.30. The third kappa shape index (κ3) is 1.49. The second-order valence-corrected chi connectivity index (χ2v) is 5.24. The van der Waals surface area contributed by atoms with E-state index in [1.807, 2.05) is 30.4 Å². The van der Waals surface area contributed by atoms with E-state index in [0.717, 1.165) is 16.5 Å². The van der Waals surface area contributed by atoms with Gasteiger partial charge in [-0.2, -0.15) is 0 Å². The van der Waals surface area contributed by atoms with Gasteiger partial charge in [-0.15, -0.1) is 0 Å². The lowest BCUT2D eigenvalue weighted by atomic mass is 9.73. The number of benzene rings is 1. The molecule has 2 atom stereocenters. The van der Waals surface area contributed by atoms with Gasteiger partial charge in [0.1, 0.15) is 0 Å². The minimum Gasteiger partial charge on any atom is -0.293 e. The van der Waals surface area contributed by atoms with Crippen molar-refractivity contribution in [2.75, 3.05) is 0 Å². The van der Waals surface area contributed by atoms with Crippen LogP contribution in [0.3, 0.4) is 0 Å². The summed E-state index contributed by atoms with van der Waals surface area (Å²) in [7, 11) is 0. The molecule has 0 heterocycles. The second-order valence-electron chi connectivity index (χ2n) is 4.33. The normalized spacial score (nSPS) is 27.1. The summed E-state index contributed by atoms with van der Waals surface area (Å²) >= 11 is 3.44. The molecular formula is C14H11BrO. The number of carbonyl (C=O) groups is 1. The van der Waals surface area contributed by atoms with Crippen molar-refractivity contribution in [1.29, 1.82) is 0 Å². The Morgan fingerprint density at radius 2 is 2.06 bits per heavy atom. The first-order chi connectivity index (χ1) is 7.75. The van der Waals surface area contributed by atoms with Gasteiger partial charge < -0.3 is 0 Å². The van der Waals surface area contributed by atoms with Crippen molar-refractivity contribution >= 4 is 21.7 Å². The van der Waals surface area contributed by atoms with Gasteiger partial charge in [0, 0.05) is 16.0 Å². The molecule has 0 fully saturated rings. The molecule has 1 aromatic rings. The summed E-state index contributed by atoms with van der Waals surface area (Å²) < 4.78 is 1.02. The number of rotatable bonds is 0. The van der Waals surface area contributed by atoms with Crippen LogP contribution in [0, 0.1) is 11.8 Å². The fourth-order valence-corrected chi connectivity index (χ4v) is 2.96. The Balaban J connectivity index is 2.09. The molecule has 2 aliphatic carbocycles. The Morgan fingerprint density at radius 1 is 1.25 bits per heavy atom. The van der Waals surface area contributed by atoms with E-state index in [2.05, 4.69) is 28.1 Å². The molecule has 3 rings (SSSR count). The first-order valence-corrected chi connectivity index (χ1v) is 6.22. The van der Waals surface area contributed by atoms with Gasteiger partial charge in [-0.3, -0.25) is 4.79 Å². The monoisotopic (exact) mass is 274 g/mol. The fraction of sp³-hybridized carbons (Fsp3) is 0.214. The first-order valence-electron chi connectivity index (χ1n) is 5.43. The molecule has 2 unspecified atom stereocenters. The predicted molar refractivity (Wildman–Crippen MR) is 67.6 cm³/mol. The highest BCUT2D eigenvalue weighted by molar-refractivity contribution is 9.11. The van der Waals surface area contributed by atoms with Crippen LogP contribution in [0.4, 0.5) is 0 Å². The summed E-state index contributed by atoms with van der Waals surface area (Å²) in [4.78, 5) is 12.3. The lowest BCUT2D eigenvalue weighted by molar-refractivity contribution is 0.0907. The third-order valence-electron chi connectivity index (χ3n) is 3.34. The number of fused-ring (bicyclic) bond motifs is 2. The smallest absolute Gasteiger partial charge is 0.170 e. The van der Waals surface area contributed by atoms with E-state index < -0.39 is 0 Å². The molecule has 2 heteroatoms. The average molecular weight is 275 g/mol. The molecule has 0 amide bonds. The molecule has 0 saturated heterocycles. The number of Topliss-reactive ketones (excluding diaryl/α,β-unsaturated/α-hetero) is 1. The van der Waals surface area contributed by atoms with E-state index in [1.165, 1.54) is 5.56 Å². The maximum absolute atomic E-state index is 12.3. The molecule has 2 aliphatic rings. The predicted octanol–water partition coefficient (Wildman–Crippen LogP) is 3.51.